The van der Waals surface area contributed by atoms with Crippen molar-refractivity contribution in [2.75, 3.05) is 0 Å². The Bertz CT molecular complexity index is 1040. The molecule has 0 saturated carbocycles. The number of para-hydroxylation sites is 1. The molecule has 0 aliphatic rings. The first-order valence-electron chi connectivity index (χ1n) is 6.97. The van der Waals surface area contributed by atoms with Crippen LogP contribution in [0.1, 0.15) is 5.56 Å². The quantitative estimate of drug-likeness (QED) is 0.494. The van der Waals surface area contributed by atoms with Gasteiger partial charge in [-0.15, -0.1) is 0 Å². The fraction of sp³-hybridized carbons (Fsp3) is 0. The summed E-state index contributed by atoms with van der Waals surface area (Å²) in [4.78, 5) is 0. The van der Waals surface area contributed by atoms with Crippen LogP contribution in [0.15, 0.2) is 66.7 Å². The molecule has 104 valence electrons. The zero-order chi connectivity index (χ0) is 15.1. The first kappa shape index (κ1) is 12.6. The maximum atomic E-state index is 13.7. The first-order chi connectivity index (χ1) is 10.8. The average Bonchev–Trinajstić information content (AvgIpc) is 2.88. The van der Waals surface area contributed by atoms with Crippen LogP contribution in [0.5, 0.6) is 0 Å². The van der Waals surface area contributed by atoms with Crippen LogP contribution in [0.3, 0.4) is 0 Å². The van der Waals surface area contributed by atoms with Crippen LogP contribution in [-0.4, -0.2) is 4.57 Å². The number of halogens is 1. The smallest absolute Gasteiger partial charge is 0.125 e. The highest BCUT2D eigenvalue weighted by molar-refractivity contribution is 6.09. The molecule has 0 bridgehead atoms. The van der Waals surface area contributed by atoms with E-state index in [0.717, 1.165) is 27.5 Å². The Balaban J connectivity index is 2.13. The Kier molecular flexibility index (Phi) is 2.70. The number of fused-ring (bicyclic) bond motifs is 3. The van der Waals surface area contributed by atoms with E-state index in [0.29, 0.717) is 5.56 Å². The lowest BCUT2D eigenvalue weighted by Gasteiger charge is -2.07. The lowest BCUT2D eigenvalue weighted by molar-refractivity contribution is 0.629. The van der Waals surface area contributed by atoms with E-state index in [1.807, 2.05) is 47.0 Å². The molecule has 2 nitrogen and oxygen atoms in total. The van der Waals surface area contributed by atoms with E-state index in [1.54, 1.807) is 18.2 Å². The molecule has 3 heteroatoms. The van der Waals surface area contributed by atoms with E-state index < -0.39 is 0 Å². The summed E-state index contributed by atoms with van der Waals surface area (Å²) in [6, 6.07) is 22.3. The molecule has 0 unspecified atom stereocenters. The van der Waals surface area contributed by atoms with Crippen LogP contribution < -0.4 is 0 Å². The molecule has 1 aromatic heterocycles. The summed E-state index contributed by atoms with van der Waals surface area (Å²) in [5.74, 6) is -0.259. The third-order valence-electron chi connectivity index (χ3n) is 3.89. The van der Waals surface area contributed by atoms with Crippen molar-refractivity contribution < 1.29 is 4.39 Å². The Morgan fingerprint density at radius 3 is 2.32 bits per heavy atom. The third kappa shape index (κ3) is 1.78. The summed E-state index contributed by atoms with van der Waals surface area (Å²) in [5, 5.41) is 11.0. The highest BCUT2D eigenvalue weighted by Gasteiger charge is 2.12. The van der Waals surface area contributed by atoms with Gasteiger partial charge in [0.05, 0.1) is 22.7 Å². The van der Waals surface area contributed by atoms with Gasteiger partial charge in [-0.05, 0) is 48.5 Å². The van der Waals surface area contributed by atoms with Crippen molar-refractivity contribution in [3.8, 4) is 11.8 Å². The van der Waals surface area contributed by atoms with Crippen LogP contribution in [0.25, 0.3) is 27.5 Å². The van der Waals surface area contributed by atoms with Gasteiger partial charge in [0, 0.05) is 16.5 Å². The molecule has 0 radical (unpaired) electrons. The number of hydrogen-bond acceptors (Lipinski definition) is 1. The standard InChI is InChI=1S/C19H11FN2/c20-14-7-10-17-16-3-1-2-4-18(16)22(19(17)11-14)15-8-5-13(12-21)6-9-15/h1-11H. The summed E-state index contributed by atoms with van der Waals surface area (Å²) in [7, 11) is 0. The van der Waals surface area contributed by atoms with E-state index >= 15 is 0 Å². The number of nitriles is 1. The van der Waals surface area contributed by atoms with Crippen molar-refractivity contribution in [2.45, 2.75) is 0 Å². The normalized spacial score (nSPS) is 10.9. The van der Waals surface area contributed by atoms with Crippen molar-refractivity contribution in [1.82, 2.24) is 4.57 Å². The molecule has 0 fully saturated rings. The Hall–Kier alpha value is -3.12. The van der Waals surface area contributed by atoms with Gasteiger partial charge in [0.1, 0.15) is 5.82 Å². The highest BCUT2D eigenvalue weighted by atomic mass is 19.1. The lowest BCUT2D eigenvalue weighted by Crippen LogP contribution is -1.94. The largest absolute Gasteiger partial charge is 0.309 e. The number of rotatable bonds is 1. The predicted molar refractivity (Wildman–Crippen MR) is 85.5 cm³/mol. The lowest BCUT2D eigenvalue weighted by atomic mass is 10.1. The van der Waals surface area contributed by atoms with Crippen LogP contribution in [0.4, 0.5) is 4.39 Å². The van der Waals surface area contributed by atoms with E-state index in [9.17, 15) is 4.39 Å². The molecule has 1 heterocycles. The number of hydrogen-bond donors (Lipinski definition) is 0. The van der Waals surface area contributed by atoms with Gasteiger partial charge in [0.25, 0.3) is 0 Å². The number of benzene rings is 3. The molecule has 4 aromatic rings. The van der Waals surface area contributed by atoms with Gasteiger partial charge in [-0.25, -0.2) is 4.39 Å². The maximum absolute atomic E-state index is 13.7. The summed E-state index contributed by atoms with van der Waals surface area (Å²) < 4.78 is 15.7. The molecular weight excluding hydrogens is 275 g/mol. The van der Waals surface area contributed by atoms with Crippen LogP contribution in [0, 0.1) is 17.1 Å². The van der Waals surface area contributed by atoms with Crippen molar-refractivity contribution in [2.24, 2.45) is 0 Å². The second kappa shape index (κ2) is 4.71. The van der Waals surface area contributed by atoms with Gasteiger partial charge >= 0.3 is 0 Å². The molecule has 0 atom stereocenters. The van der Waals surface area contributed by atoms with E-state index in [4.69, 9.17) is 5.26 Å². The fourth-order valence-corrected chi connectivity index (χ4v) is 2.91. The minimum atomic E-state index is -0.259. The molecule has 3 aromatic carbocycles. The molecule has 0 aliphatic carbocycles. The molecule has 4 rings (SSSR count). The van der Waals surface area contributed by atoms with Crippen LogP contribution in [-0.2, 0) is 0 Å². The Morgan fingerprint density at radius 1 is 0.818 bits per heavy atom. The summed E-state index contributed by atoms with van der Waals surface area (Å²) >= 11 is 0. The van der Waals surface area contributed by atoms with Gasteiger partial charge < -0.3 is 4.57 Å². The Morgan fingerprint density at radius 2 is 1.55 bits per heavy atom. The number of nitrogens with zero attached hydrogens (tertiary/aromatic N) is 2. The van der Waals surface area contributed by atoms with Gasteiger partial charge in [0.15, 0.2) is 0 Å². The predicted octanol–water partition coefficient (Wildman–Crippen LogP) is 4.79. The zero-order valence-corrected chi connectivity index (χ0v) is 11.6. The SMILES string of the molecule is N#Cc1ccc(-n2c3ccccc3c3ccc(F)cc32)cc1. The third-order valence-corrected chi connectivity index (χ3v) is 3.89. The highest BCUT2D eigenvalue weighted by Crippen LogP contribution is 2.32. The maximum Gasteiger partial charge on any atom is 0.125 e. The molecule has 0 N–H and O–H groups in total. The molecule has 0 saturated heterocycles. The summed E-state index contributed by atoms with van der Waals surface area (Å²) in [6.45, 7) is 0. The molecular formula is C19H11FN2. The summed E-state index contributed by atoms with van der Waals surface area (Å²) in [6.07, 6.45) is 0. The van der Waals surface area contributed by atoms with Gasteiger partial charge in [-0.3, -0.25) is 0 Å². The van der Waals surface area contributed by atoms with Crippen molar-refractivity contribution >= 4 is 21.8 Å². The van der Waals surface area contributed by atoms with Crippen molar-refractivity contribution in [3.05, 3.63) is 78.1 Å². The molecule has 0 aliphatic heterocycles. The minimum Gasteiger partial charge on any atom is -0.309 e. The second-order valence-electron chi connectivity index (χ2n) is 5.17. The molecule has 22 heavy (non-hydrogen) atoms. The van der Waals surface area contributed by atoms with Crippen LogP contribution >= 0.6 is 0 Å². The van der Waals surface area contributed by atoms with Crippen LogP contribution in [0.2, 0.25) is 0 Å². The van der Waals surface area contributed by atoms with Gasteiger partial charge in [-0.2, -0.15) is 5.26 Å². The fourth-order valence-electron chi connectivity index (χ4n) is 2.91. The topological polar surface area (TPSA) is 28.7 Å². The monoisotopic (exact) mass is 286 g/mol. The minimum absolute atomic E-state index is 0.259. The van der Waals surface area contributed by atoms with Crippen molar-refractivity contribution in [1.29, 1.82) is 5.26 Å². The Labute approximate surface area is 126 Å². The number of aromatic nitrogens is 1. The van der Waals surface area contributed by atoms with Crippen molar-refractivity contribution in [3.63, 3.8) is 0 Å². The second-order valence-corrected chi connectivity index (χ2v) is 5.17. The molecule has 0 spiro atoms. The van der Waals surface area contributed by atoms with E-state index in [2.05, 4.69) is 6.07 Å². The first-order valence-corrected chi connectivity index (χ1v) is 6.97. The summed E-state index contributed by atoms with van der Waals surface area (Å²) in [5.41, 5.74) is 3.37. The zero-order valence-electron chi connectivity index (χ0n) is 11.6. The average molecular weight is 286 g/mol. The van der Waals surface area contributed by atoms with E-state index in [-0.39, 0.29) is 5.82 Å². The van der Waals surface area contributed by atoms with Gasteiger partial charge in [-0.1, -0.05) is 18.2 Å². The molecule has 0 amide bonds. The van der Waals surface area contributed by atoms with E-state index in [1.165, 1.54) is 6.07 Å². The van der Waals surface area contributed by atoms with Gasteiger partial charge in [0.2, 0.25) is 0 Å².